The van der Waals surface area contributed by atoms with Crippen LogP contribution in [0, 0.1) is 0 Å². The summed E-state index contributed by atoms with van der Waals surface area (Å²) in [5.41, 5.74) is 4.22. The number of hydrogen-bond acceptors (Lipinski definition) is 8. The van der Waals surface area contributed by atoms with Gasteiger partial charge in [0, 0.05) is 28.5 Å². The Morgan fingerprint density at radius 2 is 2.09 bits per heavy atom. The number of carbonyl (C=O) groups excluding carboxylic acids is 1. The number of carbonyl (C=O) groups is 1. The summed E-state index contributed by atoms with van der Waals surface area (Å²) in [6.45, 7) is 2.53. The fourth-order valence-electron chi connectivity index (χ4n) is 2.86. The zero-order chi connectivity index (χ0) is 23.0. The molecule has 0 aliphatic heterocycles. The van der Waals surface area contributed by atoms with Gasteiger partial charge < -0.3 is 4.74 Å². The number of halogens is 1. The molecule has 33 heavy (non-hydrogen) atoms. The maximum absolute atomic E-state index is 12.3. The van der Waals surface area contributed by atoms with Crippen LogP contribution in [0.3, 0.4) is 0 Å². The van der Waals surface area contributed by atoms with Crippen molar-refractivity contribution in [1.29, 1.82) is 0 Å². The zero-order valence-electron chi connectivity index (χ0n) is 17.5. The van der Waals surface area contributed by atoms with Crippen LogP contribution < -0.4 is 10.2 Å². The van der Waals surface area contributed by atoms with Crippen molar-refractivity contribution in [3.05, 3.63) is 69.6 Å². The van der Waals surface area contributed by atoms with E-state index in [0.29, 0.717) is 17.6 Å². The van der Waals surface area contributed by atoms with Gasteiger partial charge in [-0.15, -0.1) is 21.5 Å². The molecule has 0 bridgehead atoms. The zero-order valence-corrected chi connectivity index (χ0v) is 20.7. The molecule has 0 spiro atoms. The van der Waals surface area contributed by atoms with Crippen LogP contribution in [0.2, 0.25) is 0 Å². The Labute approximate surface area is 207 Å². The third-order valence-electron chi connectivity index (χ3n) is 4.27. The lowest BCUT2D eigenvalue weighted by atomic mass is 10.2. The smallest absolute Gasteiger partial charge is 0.250 e. The number of rotatable bonds is 9. The fourth-order valence-corrected chi connectivity index (χ4v) is 4.90. The number of hydrazone groups is 1. The predicted molar refractivity (Wildman–Crippen MR) is 134 cm³/mol. The first kappa shape index (κ1) is 23.1. The molecule has 3 aromatic heterocycles. The Bertz CT molecular complexity index is 1240. The second-order valence-electron chi connectivity index (χ2n) is 6.53. The SMILES string of the molecule is CCOc1ccc(-n2c(SCC(=O)NN=Cc3ccc(Br)s3)nnc2-c2cccnc2)cc1. The molecule has 0 aliphatic carbocycles. The van der Waals surface area contributed by atoms with Gasteiger partial charge in [0.05, 0.1) is 22.4 Å². The molecule has 11 heteroatoms. The molecule has 0 saturated carbocycles. The number of aromatic nitrogens is 4. The maximum Gasteiger partial charge on any atom is 0.250 e. The summed E-state index contributed by atoms with van der Waals surface area (Å²) in [5.74, 6) is 1.31. The van der Waals surface area contributed by atoms with Crippen LogP contribution in [-0.4, -0.2) is 44.2 Å². The molecule has 0 atom stereocenters. The number of thioether (sulfide) groups is 1. The Morgan fingerprint density at radius 3 is 2.79 bits per heavy atom. The number of thiophene rings is 1. The van der Waals surface area contributed by atoms with E-state index < -0.39 is 0 Å². The standard InChI is InChI=1S/C22H19BrN6O2S2/c1-2-31-17-7-5-16(6-8-17)29-21(15-4-3-11-24-12-15)27-28-22(29)32-14-20(30)26-25-13-18-9-10-19(23)33-18/h3-13H,2,14H2,1H3,(H,26,30). The molecule has 8 nitrogen and oxygen atoms in total. The number of nitrogens with zero attached hydrogens (tertiary/aromatic N) is 5. The van der Waals surface area contributed by atoms with Gasteiger partial charge in [0.25, 0.3) is 5.91 Å². The van der Waals surface area contributed by atoms with E-state index in [1.165, 1.54) is 23.1 Å². The molecular weight excluding hydrogens is 524 g/mol. The van der Waals surface area contributed by atoms with Gasteiger partial charge in [0.15, 0.2) is 11.0 Å². The monoisotopic (exact) mass is 542 g/mol. The fraction of sp³-hybridized carbons (Fsp3) is 0.136. The number of hydrogen-bond donors (Lipinski definition) is 1. The third-order valence-corrected chi connectivity index (χ3v) is 6.75. The number of benzene rings is 1. The Hall–Kier alpha value is -3.02. The van der Waals surface area contributed by atoms with E-state index in [9.17, 15) is 4.79 Å². The normalized spacial score (nSPS) is 11.1. The highest BCUT2D eigenvalue weighted by molar-refractivity contribution is 9.11. The van der Waals surface area contributed by atoms with Crippen molar-refractivity contribution in [3.8, 4) is 22.8 Å². The van der Waals surface area contributed by atoms with Gasteiger partial charge in [-0.2, -0.15) is 5.10 Å². The van der Waals surface area contributed by atoms with Crippen molar-refractivity contribution in [2.24, 2.45) is 5.10 Å². The first-order valence-electron chi connectivity index (χ1n) is 9.93. The lowest BCUT2D eigenvalue weighted by Gasteiger charge is -2.11. The number of nitrogens with one attached hydrogen (secondary N) is 1. The summed E-state index contributed by atoms with van der Waals surface area (Å²) in [5, 5.41) is 13.3. The van der Waals surface area contributed by atoms with Crippen molar-refractivity contribution in [2.75, 3.05) is 12.4 Å². The minimum absolute atomic E-state index is 0.133. The maximum atomic E-state index is 12.3. The van der Waals surface area contributed by atoms with Crippen LogP contribution in [0.1, 0.15) is 11.8 Å². The lowest BCUT2D eigenvalue weighted by molar-refractivity contribution is -0.118. The average Bonchev–Trinajstić information content (AvgIpc) is 3.45. The number of pyridine rings is 1. The minimum atomic E-state index is -0.240. The van der Waals surface area contributed by atoms with Crippen molar-refractivity contribution in [3.63, 3.8) is 0 Å². The summed E-state index contributed by atoms with van der Waals surface area (Å²) >= 11 is 6.21. The highest BCUT2D eigenvalue weighted by Gasteiger charge is 2.17. The molecule has 0 saturated heterocycles. The van der Waals surface area contributed by atoms with Gasteiger partial charge in [-0.25, -0.2) is 5.43 Å². The van der Waals surface area contributed by atoms with Crippen LogP contribution in [0.4, 0.5) is 0 Å². The molecule has 1 amide bonds. The summed E-state index contributed by atoms with van der Waals surface area (Å²) in [4.78, 5) is 17.4. The van der Waals surface area contributed by atoms with Crippen molar-refractivity contribution >= 4 is 51.2 Å². The third kappa shape index (κ3) is 6.06. The van der Waals surface area contributed by atoms with Gasteiger partial charge in [0.1, 0.15) is 5.75 Å². The quantitative estimate of drug-likeness (QED) is 0.185. The highest BCUT2D eigenvalue weighted by Crippen LogP contribution is 2.28. The van der Waals surface area contributed by atoms with E-state index in [-0.39, 0.29) is 11.7 Å². The van der Waals surface area contributed by atoms with Crippen LogP contribution >= 0.6 is 39.0 Å². The van der Waals surface area contributed by atoms with Crippen molar-refractivity contribution < 1.29 is 9.53 Å². The average molecular weight is 543 g/mol. The van der Waals surface area contributed by atoms with Gasteiger partial charge in [-0.3, -0.25) is 14.3 Å². The molecule has 4 aromatic rings. The predicted octanol–water partition coefficient (Wildman–Crippen LogP) is 4.79. The van der Waals surface area contributed by atoms with E-state index in [1.807, 2.05) is 60.0 Å². The van der Waals surface area contributed by atoms with Crippen LogP contribution in [0.15, 0.2) is 75.0 Å². The second-order valence-corrected chi connectivity index (χ2v) is 9.97. The summed E-state index contributed by atoms with van der Waals surface area (Å²) in [6, 6.07) is 15.3. The van der Waals surface area contributed by atoms with Crippen molar-refractivity contribution in [1.82, 2.24) is 25.2 Å². The summed E-state index contributed by atoms with van der Waals surface area (Å²) in [7, 11) is 0. The van der Waals surface area contributed by atoms with E-state index >= 15 is 0 Å². The first-order valence-corrected chi connectivity index (χ1v) is 12.5. The van der Waals surface area contributed by atoms with Gasteiger partial charge in [0.2, 0.25) is 0 Å². The van der Waals surface area contributed by atoms with Crippen LogP contribution in [0.5, 0.6) is 5.75 Å². The Kier molecular flexibility index (Phi) is 7.87. The molecule has 0 unspecified atom stereocenters. The molecule has 4 rings (SSSR count). The molecule has 168 valence electrons. The van der Waals surface area contributed by atoms with Crippen molar-refractivity contribution in [2.45, 2.75) is 12.1 Å². The summed E-state index contributed by atoms with van der Waals surface area (Å²) in [6.07, 6.45) is 5.05. The highest BCUT2D eigenvalue weighted by atomic mass is 79.9. The van der Waals surface area contributed by atoms with Gasteiger partial charge in [-0.1, -0.05) is 11.8 Å². The topological polar surface area (TPSA) is 94.3 Å². The Balaban J connectivity index is 1.52. The van der Waals surface area contributed by atoms with E-state index in [0.717, 1.165) is 25.7 Å². The molecule has 0 radical (unpaired) electrons. The molecular formula is C22H19BrN6O2S2. The molecule has 0 fully saturated rings. The van der Waals surface area contributed by atoms with E-state index in [2.05, 4.69) is 41.6 Å². The summed E-state index contributed by atoms with van der Waals surface area (Å²) < 4.78 is 8.45. The molecule has 0 aliphatic rings. The largest absolute Gasteiger partial charge is 0.494 e. The lowest BCUT2D eigenvalue weighted by Crippen LogP contribution is -2.19. The molecule has 1 aromatic carbocycles. The van der Waals surface area contributed by atoms with Gasteiger partial charge in [-0.05, 0) is 71.4 Å². The van der Waals surface area contributed by atoms with Crippen LogP contribution in [-0.2, 0) is 4.79 Å². The molecule has 1 N–H and O–H groups in total. The minimum Gasteiger partial charge on any atom is -0.494 e. The van der Waals surface area contributed by atoms with E-state index in [1.54, 1.807) is 18.6 Å². The Morgan fingerprint density at radius 1 is 1.24 bits per heavy atom. The first-order chi connectivity index (χ1) is 16.1. The number of amides is 1. The number of ether oxygens (including phenoxy) is 1. The second kappa shape index (κ2) is 11.2. The van der Waals surface area contributed by atoms with Gasteiger partial charge >= 0.3 is 0 Å². The molecule has 3 heterocycles. The van der Waals surface area contributed by atoms with Crippen LogP contribution in [0.25, 0.3) is 17.1 Å². The van der Waals surface area contributed by atoms with E-state index in [4.69, 9.17) is 4.74 Å².